The molecule has 0 fully saturated rings. The summed E-state index contributed by atoms with van der Waals surface area (Å²) in [5.74, 6) is 0.441. The van der Waals surface area contributed by atoms with Crippen LogP contribution in [0.4, 0.5) is 0 Å². The smallest absolute Gasteiger partial charge is 0.167 e. The minimum atomic E-state index is 0.165. The number of fused-ring (bicyclic) bond motifs is 1. The molecule has 0 saturated carbocycles. The highest BCUT2D eigenvalue weighted by Gasteiger charge is 2.28. The molecule has 62 valence electrons. The Morgan fingerprint density at radius 2 is 2.25 bits per heavy atom. The molecule has 2 rings (SSSR count). The number of benzene rings is 1. The molecule has 0 spiro atoms. The zero-order valence-corrected chi connectivity index (χ0v) is 8.39. The van der Waals surface area contributed by atoms with Crippen LogP contribution < -0.4 is 0 Å². The van der Waals surface area contributed by atoms with Crippen LogP contribution in [-0.2, 0) is 6.42 Å². The molecule has 1 aliphatic carbocycles. The molecule has 1 aliphatic rings. The number of ketones is 1. The molecule has 2 heteroatoms. The zero-order valence-electron chi connectivity index (χ0n) is 6.80. The van der Waals surface area contributed by atoms with E-state index >= 15 is 0 Å². The Hall–Kier alpha value is -0.630. The number of hydrogen-bond acceptors (Lipinski definition) is 1. The van der Waals surface area contributed by atoms with Gasteiger partial charge in [-0.25, -0.2) is 0 Å². The molecule has 0 saturated heterocycles. The summed E-state index contributed by atoms with van der Waals surface area (Å²) in [6, 6.07) is 5.94. The highest BCUT2D eigenvalue weighted by Crippen LogP contribution is 2.31. The first kappa shape index (κ1) is 7.99. The maximum absolute atomic E-state index is 11.6. The third-order valence-electron chi connectivity index (χ3n) is 2.32. The summed E-state index contributed by atoms with van der Waals surface area (Å²) >= 11 is 3.39. The molecule has 0 aromatic heterocycles. The minimum absolute atomic E-state index is 0.165. The monoisotopic (exact) mass is 224 g/mol. The van der Waals surface area contributed by atoms with Gasteiger partial charge >= 0.3 is 0 Å². The van der Waals surface area contributed by atoms with Crippen molar-refractivity contribution in [2.45, 2.75) is 13.3 Å². The lowest BCUT2D eigenvalue weighted by Crippen LogP contribution is -2.03. The van der Waals surface area contributed by atoms with Crippen LogP contribution >= 0.6 is 15.9 Å². The zero-order chi connectivity index (χ0) is 8.72. The lowest BCUT2D eigenvalue weighted by Gasteiger charge is -1.98. The molecule has 0 radical (unpaired) electrons. The Labute approximate surface area is 79.9 Å². The van der Waals surface area contributed by atoms with Crippen molar-refractivity contribution in [3.8, 4) is 0 Å². The van der Waals surface area contributed by atoms with Gasteiger partial charge in [-0.15, -0.1) is 0 Å². The first-order valence-electron chi connectivity index (χ1n) is 4.01. The average Bonchev–Trinajstić information content (AvgIpc) is 2.29. The first-order chi connectivity index (χ1) is 5.70. The van der Waals surface area contributed by atoms with Crippen LogP contribution in [0.3, 0.4) is 0 Å². The quantitative estimate of drug-likeness (QED) is 0.663. The SMILES string of the molecule is C[C@H]1Cc2cccc(Br)c2C1=O. The average molecular weight is 225 g/mol. The Kier molecular flexibility index (Phi) is 1.80. The minimum Gasteiger partial charge on any atom is -0.294 e. The van der Waals surface area contributed by atoms with Gasteiger partial charge in [0.05, 0.1) is 0 Å². The summed E-state index contributed by atoms with van der Waals surface area (Å²) in [6.07, 6.45) is 0.896. The van der Waals surface area contributed by atoms with E-state index in [1.807, 2.05) is 25.1 Å². The number of carbonyl (C=O) groups excluding carboxylic acids is 1. The van der Waals surface area contributed by atoms with Crippen LogP contribution in [0, 0.1) is 5.92 Å². The second-order valence-electron chi connectivity index (χ2n) is 3.24. The van der Waals surface area contributed by atoms with Gasteiger partial charge in [0.1, 0.15) is 0 Å². The van der Waals surface area contributed by atoms with Crippen LogP contribution in [0.15, 0.2) is 22.7 Å². The molecule has 12 heavy (non-hydrogen) atoms. The van der Waals surface area contributed by atoms with Crippen LogP contribution in [0.2, 0.25) is 0 Å². The van der Waals surface area contributed by atoms with Crippen molar-refractivity contribution in [2.75, 3.05) is 0 Å². The number of hydrogen-bond donors (Lipinski definition) is 0. The highest BCUT2D eigenvalue weighted by molar-refractivity contribution is 9.10. The summed E-state index contributed by atoms with van der Waals surface area (Å²) in [5.41, 5.74) is 2.08. The van der Waals surface area contributed by atoms with Crippen LogP contribution in [0.25, 0.3) is 0 Å². The first-order valence-corrected chi connectivity index (χ1v) is 4.81. The maximum atomic E-state index is 11.6. The van der Waals surface area contributed by atoms with Crippen molar-refractivity contribution in [1.82, 2.24) is 0 Å². The molecule has 0 unspecified atom stereocenters. The Morgan fingerprint density at radius 3 is 2.92 bits per heavy atom. The van der Waals surface area contributed by atoms with Crippen LogP contribution in [-0.4, -0.2) is 5.78 Å². The number of Topliss-reactive ketones (excluding diaryl/α,β-unsaturated/α-hetero) is 1. The van der Waals surface area contributed by atoms with Crippen LogP contribution in [0.5, 0.6) is 0 Å². The van der Waals surface area contributed by atoms with E-state index in [2.05, 4.69) is 15.9 Å². The Balaban J connectivity index is 2.62. The summed E-state index contributed by atoms with van der Waals surface area (Å²) in [7, 11) is 0. The summed E-state index contributed by atoms with van der Waals surface area (Å²) in [4.78, 5) is 11.6. The normalized spacial score (nSPS) is 21.2. The maximum Gasteiger partial charge on any atom is 0.167 e. The van der Waals surface area contributed by atoms with Crippen molar-refractivity contribution in [3.05, 3.63) is 33.8 Å². The fourth-order valence-electron chi connectivity index (χ4n) is 1.68. The summed E-state index contributed by atoms with van der Waals surface area (Å²) in [5, 5.41) is 0. The topological polar surface area (TPSA) is 17.1 Å². The molecule has 1 atom stereocenters. The van der Waals surface area contributed by atoms with Gasteiger partial charge in [0.15, 0.2) is 5.78 Å². The standard InChI is InChI=1S/C10H9BrO/c1-6-5-7-3-2-4-8(11)9(7)10(6)12/h2-4,6H,5H2,1H3/t6-/m0/s1. The third kappa shape index (κ3) is 1.02. The highest BCUT2D eigenvalue weighted by atomic mass is 79.9. The van der Waals surface area contributed by atoms with Crippen molar-refractivity contribution < 1.29 is 4.79 Å². The number of carbonyl (C=O) groups is 1. The fourth-order valence-corrected chi connectivity index (χ4v) is 2.29. The number of halogens is 1. The molecular formula is C10H9BrO. The van der Waals surface area contributed by atoms with E-state index in [1.54, 1.807) is 0 Å². The van der Waals surface area contributed by atoms with Crippen LogP contribution in [0.1, 0.15) is 22.8 Å². The van der Waals surface area contributed by atoms with Gasteiger partial charge in [0.25, 0.3) is 0 Å². The van der Waals surface area contributed by atoms with Gasteiger partial charge in [-0.05, 0) is 18.1 Å². The fraction of sp³-hybridized carbons (Fsp3) is 0.300. The predicted molar refractivity (Wildman–Crippen MR) is 51.3 cm³/mol. The van der Waals surface area contributed by atoms with Gasteiger partial charge in [0, 0.05) is 16.0 Å². The molecule has 0 amide bonds. The lowest BCUT2D eigenvalue weighted by molar-refractivity contribution is 0.0945. The molecule has 0 aliphatic heterocycles. The number of rotatable bonds is 0. The van der Waals surface area contributed by atoms with E-state index in [9.17, 15) is 4.79 Å². The lowest BCUT2D eigenvalue weighted by atomic mass is 10.1. The van der Waals surface area contributed by atoms with E-state index in [0.717, 1.165) is 16.5 Å². The Bertz CT molecular complexity index is 344. The van der Waals surface area contributed by atoms with Gasteiger partial charge in [-0.2, -0.15) is 0 Å². The molecule has 1 nitrogen and oxygen atoms in total. The van der Waals surface area contributed by atoms with E-state index in [-0.39, 0.29) is 11.7 Å². The molecule has 1 aromatic carbocycles. The predicted octanol–water partition coefficient (Wildman–Crippen LogP) is 2.82. The second-order valence-corrected chi connectivity index (χ2v) is 4.10. The molecular weight excluding hydrogens is 216 g/mol. The molecule has 1 aromatic rings. The largest absolute Gasteiger partial charge is 0.294 e. The Morgan fingerprint density at radius 1 is 1.50 bits per heavy atom. The van der Waals surface area contributed by atoms with Crippen molar-refractivity contribution in [1.29, 1.82) is 0 Å². The van der Waals surface area contributed by atoms with Gasteiger partial charge in [-0.1, -0.05) is 35.0 Å². The van der Waals surface area contributed by atoms with E-state index < -0.39 is 0 Å². The van der Waals surface area contributed by atoms with Crippen molar-refractivity contribution >= 4 is 21.7 Å². The second kappa shape index (κ2) is 2.70. The molecule has 0 N–H and O–H groups in total. The van der Waals surface area contributed by atoms with E-state index in [0.29, 0.717) is 0 Å². The summed E-state index contributed by atoms with van der Waals surface area (Å²) in [6.45, 7) is 1.98. The molecule has 0 heterocycles. The third-order valence-corrected chi connectivity index (χ3v) is 2.98. The summed E-state index contributed by atoms with van der Waals surface area (Å²) < 4.78 is 0.939. The van der Waals surface area contributed by atoms with Crippen molar-refractivity contribution in [3.63, 3.8) is 0 Å². The van der Waals surface area contributed by atoms with Crippen molar-refractivity contribution in [2.24, 2.45) is 5.92 Å². The van der Waals surface area contributed by atoms with E-state index in [1.165, 1.54) is 5.56 Å². The van der Waals surface area contributed by atoms with E-state index in [4.69, 9.17) is 0 Å². The van der Waals surface area contributed by atoms with Gasteiger partial charge < -0.3 is 0 Å². The van der Waals surface area contributed by atoms with Gasteiger partial charge in [-0.3, -0.25) is 4.79 Å². The van der Waals surface area contributed by atoms with Gasteiger partial charge in [0.2, 0.25) is 0 Å². The molecule has 0 bridgehead atoms.